The first-order valence-electron chi connectivity index (χ1n) is 9.11. The van der Waals surface area contributed by atoms with Gasteiger partial charge in [-0.2, -0.15) is 0 Å². The van der Waals surface area contributed by atoms with Crippen LogP contribution in [-0.4, -0.2) is 41.3 Å². The average Bonchev–Trinajstić information content (AvgIpc) is 2.99. The predicted octanol–water partition coefficient (Wildman–Crippen LogP) is 3.04. The number of aliphatic imine (C=N–C) groups is 1. The number of rotatable bonds is 3. The number of hydrogen-bond acceptors (Lipinski definition) is 5. The summed E-state index contributed by atoms with van der Waals surface area (Å²) in [5.41, 5.74) is -0.866. The number of nitrogens with two attached hydrogens (primary N) is 1. The van der Waals surface area contributed by atoms with Crippen molar-refractivity contribution >= 4 is 17.4 Å². The van der Waals surface area contributed by atoms with Crippen molar-refractivity contribution in [3.63, 3.8) is 0 Å². The molecule has 3 N–H and O–H groups in total. The van der Waals surface area contributed by atoms with Gasteiger partial charge in [0.15, 0.2) is 16.9 Å². The monoisotopic (exact) mass is 422 g/mol. The Labute approximate surface area is 169 Å². The van der Waals surface area contributed by atoms with E-state index in [-0.39, 0.29) is 23.6 Å². The molecule has 3 heterocycles. The number of anilines is 1. The molecular formula is C20H18F4N4O2. The lowest BCUT2D eigenvalue weighted by atomic mass is 9.70. The maximum atomic E-state index is 15.8. The van der Waals surface area contributed by atoms with Gasteiger partial charge in [0.1, 0.15) is 23.2 Å². The molecular weight excluding hydrogens is 404 g/mol. The van der Waals surface area contributed by atoms with E-state index in [0.29, 0.717) is 0 Å². The first-order chi connectivity index (χ1) is 14.1. The first-order valence-corrected chi connectivity index (χ1v) is 9.11. The van der Waals surface area contributed by atoms with Gasteiger partial charge < -0.3 is 15.8 Å². The van der Waals surface area contributed by atoms with E-state index in [9.17, 15) is 18.0 Å². The molecule has 2 aliphatic rings. The molecule has 1 saturated heterocycles. The molecule has 0 bridgehead atoms. The van der Waals surface area contributed by atoms with E-state index in [1.165, 1.54) is 18.2 Å². The van der Waals surface area contributed by atoms with E-state index in [1.54, 1.807) is 0 Å². The molecule has 6 nitrogen and oxygen atoms in total. The Morgan fingerprint density at radius 3 is 2.67 bits per heavy atom. The van der Waals surface area contributed by atoms with Crippen LogP contribution >= 0.6 is 0 Å². The van der Waals surface area contributed by atoms with E-state index >= 15 is 4.39 Å². The number of fused-ring (bicyclic) bond motifs is 1. The van der Waals surface area contributed by atoms with E-state index in [0.717, 1.165) is 25.3 Å². The predicted molar refractivity (Wildman–Crippen MR) is 101 cm³/mol. The molecule has 0 aliphatic carbocycles. The highest BCUT2D eigenvalue weighted by molar-refractivity contribution is 6.02. The summed E-state index contributed by atoms with van der Waals surface area (Å²) in [4.78, 5) is 20.0. The fraction of sp³-hybridized carbons (Fsp3) is 0.350. The lowest BCUT2D eigenvalue weighted by molar-refractivity contribution is 0.0234. The van der Waals surface area contributed by atoms with Crippen LogP contribution in [-0.2, 0) is 10.3 Å². The molecule has 3 atom stereocenters. The summed E-state index contributed by atoms with van der Waals surface area (Å²) in [5, 5.41) is 2.49. The molecule has 4 rings (SSSR count). The summed E-state index contributed by atoms with van der Waals surface area (Å²) in [6.07, 6.45) is 0.232. The topological polar surface area (TPSA) is 89.6 Å². The Hall–Kier alpha value is -3.01. The summed E-state index contributed by atoms with van der Waals surface area (Å²) in [6.45, 7) is 0.297. The van der Waals surface area contributed by atoms with Gasteiger partial charge in [-0.15, -0.1) is 0 Å². The van der Waals surface area contributed by atoms with Crippen molar-refractivity contribution in [2.75, 3.05) is 18.5 Å². The maximum absolute atomic E-state index is 15.8. The third-order valence-electron chi connectivity index (χ3n) is 5.47. The van der Waals surface area contributed by atoms with Crippen LogP contribution in [0.2, 0.25) is 0 Å². The third kappa shape index (κ3) is 3.11. The fourth-order valence-corrected chi connectivity index (χ4v) is 3.88. The first kappa shape index (κ1) is 20.3. The molecule has 1 aromatic carbocycles. The van der Waals surface area contributed by atoms with Crippen LogP contribution in [0.5, 0.6) is 0 Å². The number of carbonyl (C=O) groups is 1. The van der Waals surface area contributed by atoms with Gasteiger partial charge in [0.25, 0.3) is 5.91 Å². The van der Waals surface area contributed by atoms with Crippen LogP contribution in [0, 0.1) is 11.6 Å². The second-order valence-electron chi connectivity index (χ2n) is 7.70. The number of aromatic nitrogens is 1. The standard InChI is InChI=1S/C20H18F4N4O2/c1-18(23)8-19(24)9-30-10-20(19,28-17(18)25)13-6-12(3-4-14(13)22)27-16(29)15-5-2-11(21)7-26-15/h2-7H,8-10H2,1H3,(H2,25,28)(H,27,29)/t18-,19?,20?/m0/s1. The molecule has 0 saturated carbocycles. The summed E-state index contributed by atoms with van der Waals surface area (Å²) < 4.78 is 63.5. The van der Waals surface area contributed by atoms with Gasteiger partial charge in [0.05, 0.1) is 19.4 Å². The van der Waals surface area contributed by atoms with Gasteiger partial charge in [0, 0.05) is 17.7 Å². The highest BCUT2D eigenvalue weighted by atomic mass is 19.2. The SMILES string of the molecule is C[C@]1(F)CC2(F)COCC2(c2cc(NC(=O)c3ccc(F)cn3)ccc2F)N=C1N. The Morgan fingerprint density at radius 2 is 1.97 bits per heavy atom. The summed E-state index contributed by atoms with van der Waals surface area (Å²) in [6, 6.07) is 5.75. The number of ether oxygens (including phenoxy) is 1. The quantitative estimate of drug-likeness (QED) is 0.745. The molecule has 1 amide bonds. The van der Waals surface area contributed by atoms with Crippen LogP contribution in [0.25, 0.3) is 0 Å². The number of carbonyl (C=O) groups excluding carboxylic acids is 1. The van der Waals surface area contributed by atoms with Crippen molar-refractivity contribution in [1.29, 1.82) is 0 Å². The van der Waals surface area contributed by atoms with Gasteiger partial charge in [-0.05, 0) is 37.3 Å². The van der Waals surface area contributed by atoms with Gasteiger partial charge in [-0.1, -0.05) is 0 Å². The van der Waals surface area contributed by atoms with Crippen molar-refractivity contribution in [2.24, 2.45) is 10.7 Å². The minimum Gasteiger partial charge on any atom is -0.385 e. The van der Waals surface area contributed by atoms with E-state index in [4.69, 9.17) is 10.5 Å². The molecule has 158 valence electrons. The molecule has 2 aliphatic heterocycles. The zero-order valence-corrected chi connectivity index (χ0v) is 15.9. The lowest BCUT2D eigenvalue weighted by Gasteiger charge is -2.43. The number of halogens is 4. The smallest absolute Gasteiger partial charge is 0.274 e. The fourth-order valence-electron chi connectivity index (χ4n) is 3.88. The van der Waals surface area contributed by atoms with Crippen molar-refractivity contribution < 1.29 is 27.1 Å². The van der Waals surface area contributed by atoms with E-state index in [2.05, 4.69) is 15.3 Å². The van der Waals surface area contributed by atoms with Crippen molar-refractivity contribution in [3.8, 4) is 0 Å². The molecule has 2 unspecified atom stereocenters. The Bertz CT molecular complexity index is 1040. The summed E-state index contributed by atoms with van der Waals surface area (Å²) in [7, 11) is 0. The lowest BCUT2D eigenvalue weighted by Crippen LogP contribution is -2.58. The molecule has 1 aromatic heterocycles. The van der Waals surface area contributed by atoms with Gasteiger partial charge >= 0.3 is 0 Å². The average molecular weight is 422 g/mol. The number of nitrogens with one attached hydrogen (secondary N) is 1. The van der Waals surface area contributed by atoms with Gasteiger partial charge in [-0.3, -0.25) is 9.79 Å². The molecule has 1 fully saturated rings. The zero-order chi connectivity index (χ0) is 21.7. The van der Waals surface area contributed by atoms with Crippen LogP contribution in [0.15, 0.2) is 41.5 Å². The van der Waals surface area contributed by atoms with Crippen LogP contribution < -0.4 is 11.1 Å². The van der Waals surface area contributed by atoms with Crippen LogP contribution in [0.1, 0.15) is 29.4 Å². The molecule has 10 heteroatoms. The second kappa shape index (κ2) is 6.76. The molecule has 0 radical (unpaired) electrons. The second-order valence-corrected chi connectivity index (χ2v) is 7.70. The normalized spacial score (nSPS) is 30.5. The van der Waals surface area contributed by atoms with Crippen LogP contribution in [0.4, 0.5) is 23.2 Å². The number of amidine groups is 1. The van der Waals surface area contributed by atoms with Crippen LogP contribution in [0.3, 0.4) is 0 Å². The van der Waals surface area contributed by atoms with E-state index in [1.807, 2.05) is 0 Å². The number of nitrogens with zero attached hydrogens (tertiary/aromatic N) is 2. The van der Waals surface area contributed by atoms with Crippen molar-refractivity contribution in [1.82, 2.24) is 4.98 Å². The summed E-state index contributed by atoms with van der Waals surface area (Å²) in [5.74, 6) is -2.55. The third-order valence-corrected chi connectivity index (χ3v) is 5.47. The largest absolute Gasteiger partial charge is 0.385 e. The molecule has 0 spiro atoms. The minimum absolute atomic E-state index is 0.0717. The van der Waals surface area contributed by atoms with Crippen molar-refractivity contribution in [2.45, 2.75) is 30.2 Å². The number of pyridine rings is 1. The Morgan fingerprint density at radius 1 is 1.20 bits per heavy atom. The van der Waals surface area contributed by atoms with Gasteiger partial charge in [0.2, 0.25) is 0 Å². The maximum Gasteiger partial charge on any atom is 0.274 e. The number of alkyl halides is 2. The van der Waals surface area contributed by atoms with Crippen molar-refractivity contribution in [3.05, 3.63) is 59.4 Å². The molecule has 2 aromatic rings. The summed E-state index contributed by atoms with van der Waals surface area (Å²) >= 11 is 0. The van der Waals surface area contributed by atoms with Gasteiger partial charge in [-0.25, -0.2) is 22.5 Å². The number of amides is 1. The highest BCUT2D eigenvalue weighted by Crippen LogP contribution is 2.53. The number of hydrogen-bond donors (Lipinski definition) is 2. The Balaban J connectivity index is 1.74. The molecule has 30 heavy (non-hydrogen) atoms. The highest BCUT2D eigenvalue weighted by Gasteiger charge is 2.65. The zero-order valence-electron chi connectivity index (χ0n) is 15.9. The Kier molecular flexibility index (Phi) is 4.57. The number of benzene rings is 1. The minimum atomic E-state index is -2.33. The van der Waals surface area contributed by atoms with E-state index < -0.39 is 53.3 Å².